The molecule has 6 nitrogen and oxygen atoms in total. The number of imide groups is 1. The zero-order valence-electron chi connectivity index (χ0n) is 12.0. The number of amides is 2. The molecular weight excluding hydrogens is 258 g/mol. The first-order valence-corrected chi connectivity index (χ1v) is 7.26. The molecule has 6 heteroatoms. The van der Waals surface area contributed by atoms with E-state index in [1.807, 2.05) is 0 Å². The lowest BCUT2D eigenvalue weighted by atomic mass is 10.2. The maximum Gasteiger partial charge on any atom is 0.253 e. The summed E-state index contributed by atoms with van der Waals surface area (Å²) in [7, 11) is 0. The van der Waals surface area contributed by atoms with Gasteiger partial charge < -0.3 is 10.8 Å². The van der Waals surface area contributed by atoms with Crippen LogP contribution in [0.1, 0.15) is 25.7 Å². The highest BCUT2D eigenvalue weighted by atomic mass is 16.3. The number of aliphatic hydroxyl groups is 1. The number of carbonyl (C=O) groups is 2. The fourth-order valence-corrected chi connectivity index (χ4v) is 2.27. The molecule has 0 radical (unpaired) electrons. The summed E-state index contributed by atoms with van der Waals surface area (Å²) in [5, 5.41) is 8.92. The molecule has 114 valence electrons. The molecule has 0 aliphatic carbocycles. The SMILES string of the molecule is NCCN(CCO)CCCCCCN1C(=O)C=CC1=O. The van der Waals surface area contributed by atoms with Crippen molar-refractivity contribution in [3.8, 4) is 0 Å². The third-order valence-corrected chi connectivity index (χ3v) is 3.37. The molecule has 0 fully saturated rings. The van der Waals surface area contributed by atoms with Crippen molar-refractivity contribution in [1.29, 1.82) is 0 Å². The molecule has 0 aromatic carbocycles. The summed E-state index contributed by atoms with van der Waals surface area (Å²) in [6, 6.07) is 0. The van der Waals surface area contributed by atoms with Gasteiger partial charge >= 0.3 is 0 Å². The van der Waals surface area contributed by atoms with E-state index in [1.165, 1.54) is 17.1 Å². The van der Waals surface area contributed by atoms with Gasteiger partial charge in [-0.25, -0.2) is 0 Å². The van der Waals surface area contributed by atoms with Gasteiger partial charge in [0.25, 0.3) is 11.8 Å². The van der Waals surface area contributed by atoms with Crippen molar-refractivity contribution in [1.82, 2.24) is 9.80 Å². The molecule has 2 amide bonds. The molecule has 0 bridgehead atoms. The van der Waals surface area contributed by atoms with Crippen LogP contribution in [0.4, 0.5) is 0 Å². The van der Waals surface area contributed by atoms with Gasteiger partial charge in [0.1, 0.15) is 0 Å². The Kier molecular flexibility index (Phi) is 8.10. The number of nitrogens with two attached hydrogens (primary N) is 1. The number of aliphatic hydroxyl groups excluding tert-OH is 1. The summed E-state index contributed by atoms with van der Waals surface area (Å²) in [5.74, 6) is -0.404. The highest BCUT2D eigenvalue weighted by molar-refractivity contribution is 6.12. The number of rotatable bonds is 11. The van der Waals surface area contributed by atoms with Gasteiger partial charge in [0.2, 0.25) is 0 Å². The second-order valence-corrected chi connectivity index (χ2v) is 4.93. The highest BCUT2D eigenvalue weighted by Gasteiger charge is 2.22. The fourth-order valence-electron chi connectivity index (χ4n) is 2.27. The van der Waals surface area contributed by atoms with E-state index in [0.717, 1.165) is 38.8 Å². The van der Waals surface area contributed by atoms with Gasteiger partial charge in [0.15, 0.2) is 0 Å². The number of carbonyl (C=O) groups excluding carboxylic acids is 2. The van der Waals surface area contributed by atoms with Gasteiger partial charge in [0.05, 0.1) is 6.61 Å². The van der Waals surface area contributed by atoms with E-state index in [2.05, 4.69) is 4.90 Å². The molecule has 1 heterocycles. The first-order valence-electron chi connectivity index (χ1n) is 7.26. The lowest BCUT2D eigenvalue weighted by molar-refractivity contribution is -0.136. The molecule has 0 saturated carbocycles. The molecule has 1 rings (SSSR count). The van der Waals surface area contributed by atoms with Crippen molar-refractivity contribution in [3.63, 3.8) is 0 Å². The molecule has 1 aliphatic heterocycles. The minimum Gasteiger partial charge on any atom is -0.395 e. The van der Waals surface area contributed by atoms with Crippen molar-refractivity contribution in [2.75, 3.05) is 39.3 Å². The Balaban J connectivity index is 2.04. The molecule has 0 saturated heterocycles. The molecule has 20 heavy (non-hydrogen) atoms. The predicted octanol–water partition coefficient (Wildman–Crippen LogP) is -0.275. The minimum atomic E-state index is -0.202. The Labute approximate surface area is 120 Å². The number of nitrogens with zero attached hydrogens (tertiary/aromatic N) is 2. The molecule has 0 unspecified atom stereocenters. The zero-order chi connectivity index (χ0) is 14.8. The molecule has 1 aliphatic rings. The van der Waals surface area contributed by atoms with E-state index in [1.54, 1.807) is 0 Å². The van der Waals surface area contributed by atoms with Crippen molar-refractivity contribution >= 4 is 11.8 Å². The minimum absolute atomic E-state index is 0.159. The van der Waals surface area contributed by atoms with E-state index in [0.29, 0.717) is 19.6 Å². The topological polar surface area (TPSA) is 86.9 Å². The maximum absolute atomic E-state index is 11.3. The second-order valence-electron chi connectivity index (χ2n) is 4.93. The van der Waals surface area contributed by atoms with Gasteiger partial charge in [-0.15, -0.1) is 0 Å². The molecule has 0 aromatic rings. The maximum atomic E-state index is 11.3. The first-order chi connectivity index (χ1) is 9.69. The summed E-state index contributed by atoms with van der Waals surface area (Å²) in [4.78, 5) is 26.1. The van der Waals surface area contributed by atoms with E-state index in [4.69, 9.17) is 10.8 Å². The molecule has 0 atom stereocenters. The van der Waals surface area contributed by atoms with Crippen LogP contribution in [0.3, 0.4) is 0 Å². The van der Waals surface area contributed by atoms with Gasteiger partial charge in [-0.1, -0.05) is 12.8 Å². The Morgan fingerprint density at radius 1 is 1.00 bits per heavy atom. The van der Waals surface area contributed by atoms with Gasteiger partial charge in [-0.2, -0.15) is 0 Å². The first kappa shape index (κ1) is 16.8. The van der Waals surface area contributed by atoms with Gasteiger partial charge in [-0.05, 0) is 19.4 Å². The Hall–Kier alpha value is -1.24. The van der Waals surface area contributed by atoms with Crippen LogP contribution < -0.4 is 5.73 Å². The second kappa shape index (κ2) is 9.63. The predicted molar refractivity (Wildman–Crippen MR) is 76.9 cm³/mol. The van der Waals surface area contributed by atoms with E-state index in [-0.39, 0.29) is 18.4 Å². The van der Waals surface area contributed by atoms with Crippen molar-refractivity contribution in [3.05, 3.63) is 12.2 Å². The smallest absolute Gasteiger partial charge is 0.253 e. The lowest BCUT2D eigenvalue weighted by Crippen LogP contribution is -2.33. The largest absolute Gasteiger partial charge is 0.395 e. The molecular formula is C14H25N3O3. The van der Waals surface area contributed by atoms with E-state index in [9.17, 15) is 9.59 Å². The van der Waals surface area contributed by atoms with Crippen molar-refractivity contribution in [2.45, 2.75) is 25.7 Å². The third-order valence-electron chi connectivity index (χ3n) is 3.37. The van der Waals surface area contributed by atoms with Crippen LogP contribution in [-0.4, -0.2) is 66.1 Å². The summed E-state index contributed by atoms with van der Waals surface area (Å²) >= 11 is 0. The van der Waals surface area contributed by atoms with E-state index >= 15 is 0 Å². The standard InChI is InChI=1S/C14H25N3O3/c15-7-10-16(11-12-18)8-3-1-2-4-9-17-13(19)5-6-14(17)20/h5-6,18H,1-4,7-12,15H2. The Bertz CT molecular complexity index is 321. The van der Waals surface area contributed by atoms with Crippen LogP contribution in [-0.2, 0) is 9.59 Å². The molecule has 3 N–H and O–H groups in total. The molecule has 0 spiro atoms. The fraction of sp³-hybridized carbons (Fsp3) is 0.714. The monoisotopic (exact) mass is 283 g/mol. The average molecular weight is 283 g/mol. The summed E-state index contributed by atoms with van der Waals surface area (Å²) in [6.45, 7) is 3.68. The third kappa shape index (κ3) is 5.81. The van der Waals surface area contributed by atoms with Crippen LogP contribution in [0.2, 0.25) is 0 Å². The Morgan fingerprint density at radius 3 is 2.25 bits per heavy atom. The van der Waals surface area contributed by atoms with Crippen LogP contribution in [0.5, 0.6) is 0 Å². The number of hydrogen-bond acceptors (Lipinski definition) is 5. The Morgan fingerprint density at radius 2 is 1.65 bits per heavy atom. The number of unbranched alkanes of at least 4 members (excludes halogenated alkanes) is 3. The van der Waals surface area contributed by atoms with Gasteiger partial charge in [0, 0.05) is 38.3 Å². The number of hydrogen-bond donors (Lipinski definition) is 2. The van der Waals surface area contributed by atoms with Crippen molar-refractivity contribution in [2.24, 2.45) is 5.73 Å². The van der Waals surface area contributed by atoms with Crippen molar-refractivity contribution < 1.29 is 14.7 Å². The summed E-state index contributed by atoms with van der Waals surface area (Å²) in [5.41, 5.74) is 5.51. The van der Waals surface area contributed by atoms with Crippen LogP contribution in [0.15, 0.2) is 12.2 Å². The van der Waals surface area contributed by atoms with Crippen LogP contribution >= 0.6 is 0 Å². The summed E-state index contributed by atoms with van der Waals surface area (Å²) in [6.07, 6.45) is 6.57. The van der Waals surface area contributed by atoms with Crippen LogP contribution in [0, 0.1) is 0 Å². The average Bonchev–Trinajstić information content (AvgIpc) is 2.74. The van der Waals surface area contributed by atoms with E-state index < -0.39 is 0 Å². The van der Waals surface area contributed by atoms with Crippen LogP contribution in [0.25, 0.3) is 0 Å². The lowest BCUT2D eigenvalue weighted by Gasteiger charge is -2.20. The highest BCUT2D eigenvalue weighted by Crippen LogP contribution is 2.08. The quantitative estimate of drug-likeness (QED) is 0.402. The normalized spacial score (nSPS) is 14.8. The summed E-state index contributed by atoms with van der Waals surface area (Å²) < 4.78 is 0. The zero-order valence-corrected chi connectivity index (χ0v) is 12.0. The molecule has 0 aromatic heterocycles. The van der Waals surface area contributed by atoms with Gasteiger partial charge in [-0.3, -0.25) is 19.4 Å².